The highest BCUT2D eigenvalue weighted by molar-refractivity contribution is 5.90. The second-order valence-electron chi connectivity index (χ2n) is 5.78. The van der Waals surface area contributed by atoms with Crippen LogP contribution in [-0.4, -0.2) is 44.7 Å². The van der Waals surface area contributed by atoms with Gasteiger partial charge in [0.15, 0.2) is 0 Å². The van der Waals surface area contributed by atoms with Gasteiger partial charge >= 0.3 is 0 Å². The molecule has 3 heterocycles. The third-order valence-electron chi connectivity index (χ3n) is 4.12. The zero-order valence-corrected chi connectivity index (χ0v) is 11.4. The topological polar surface area (TPSA) is 81.9 Å². The van der Waals surface area contributed by atoms with Crippen molar-refractivity contribution in [3.63, 3.8) is 0 Å². The molecule has 1 amide bonds. The Morgan fingerprint density at radius 2 is 2.29 bits per heavy atom. The second-order valence-corrected chi connectivity index (χ2v) is 5.78. The van der Waals surface area contributed by atoms with Crippen LogP contribution in [0.3, 0.4) is 0 Å². The van der Waals surface area contributed by atoms with Gasteiger partial charge in [-0.25, -0.2) is 15.0 Å². The molecule has 110 valence electrons. The monoisotopic (exact) mass is 287 g/mol. The Kier molecular flexibility index (Phi) is 2.75. The number of amides is 1. The number of hydrogen-bond acceptors (Lipinski definition) is 5. The van der Waals surface area contributed by atoms with Gasteiger partial charge in [0.2, 0.25) is 5.82 Å². The number of hydrogen-bond donors (Lipinski definition) is 1. The van der Waals surface area contributed by atoms with Crippen LogP contribution in [0.4, 0.5) is 0 Å². The van der Waals surface area contributed by atoms with Gasteiger partial charge in [0.05, 0.1) is 13.2 Å². The predicted octanol–water partition coefficient (Wildman–Crippen LogP) is 0.817. The highest BCUT2D eigenvalue weighted by Gasteiger charge is 2.50. The Balaban J connectivity index is 0.00000144. The summed E-state index contributed by atoms with van der Waals surface area (Å²) >= 11 is 0. The molecule has 2 aliphatic rings. The van der Waals surface area contributed by atoms with Gasteiger partial charge in [-0.05, 0) is 18.9 Å². The van der Waals surface area contributed by atoms with E-state index < -0.39 is 0 Å². The van der Waals surface area contributed by atoms with Gasteiger partial charge in [-0.15, -0.1) is 0 Å². The largest absolute Gasteiger partial charge is 0.380 e. The summed E-state index contributed by atoms with van der Waals surface area (Å²) in [5, 5.41) is 2.98. The van der Waals surface area contributed by atoms with Crippen LogP contribution < -0.4 is 5.32 Å². The molecule has 0 aromatic carbocycles. The first-order chi connectivity index (χ1) is 10.2. The maximum absolute atomic E-state index is 12.2. The molecule has 2 aromatic heterocycles. The van der Waals surface area contributed by atoms with Crippen molar-refractivity contribution in [3.05, 3.63) is 36.8 Å². The Bertz CT molecular complexity index is 664. The molecule has 21 heavy (non-hydrogen) atoms. The van der Waals surface area contributed by atoms with Crippen LogP contribution in [-0.2, 0) is 4.74 Å². The lowest BCUT2D eigenvalue weighted by molar-refractivity contribution is -0.165. The summed E-state index contributed by atoms with van der Waals surface area (Å²) in [6.07, 6.45) is 8.63. The zero-order chi connectivity index (χ0) is 14.3. The van der Waals surface area contributed by atoms with E-state index in [0.717, 1.165) is 26.1 Å². The summed E-state index contributed by atoms with van der Waals surface area (Å²) in [4.78, 5) is 24.5. The fourth-order valence-electron chi connectivity index (χ4n) is 2.96. The van der Waals surface area contributed by atoms with E-state index in [1.807, 2.05) is 0 Å². The van der Waals surface area contributed by atoms with Gasteiger partial charge in [0.1, 0.15) is 12.1 Å². The minimum Gasteiger partial charge on any atom is -0.380 e. The molecule has 1 aliphatic carbocycles. The van der Waals surface area contributed by atoms with E-state index in [9.17, 15) is 4.79 Å². The molecule has 0 unspecified atom stereocenters. The molecular weight excluding hydrogens is 270 g/mol. The van der Waals surface area contributed by atoms with Gasteiger partial charge in [-0.1, -0.05) is 0 Å². The van der Waals surface area contributed by atoms with Crippen LogP contribution >= 0.6 is 0 Å². The van der Waals surface area contributed by atoms with Crippen LogP contribution in [0, 0.1) is 5.41 Å². The van der Waals surface area contributed by atoms with E-state index in [2.05, 4.69) is 20.3 Å². The highest BCUT2D eigenvalue weighted by Crippen LogP contribution is 2.46. The molecule has 1 saturated carbocycles. The third-order valence-corrected chi connectivity index (χ3v) is 4.12. The minimum absolute atomic E-state index is 0. The van der Waals surface area contributed by atoms with E-state index in [-0.39, 0.29) is 19.2 Å². The van der Waals surface area contributed by atoms with E-state index >= 15 is 0 Å². The fraction of sp³-hybridized carbons (Fsp3) is 0.429. The van der Waals surface area contributed by atoms with Crippen molar-refractivity contribution in [2.75, 3.05) is 13.2 Å². The zero-order valence-electron chi connectivity index (χ0n) is 11.4. The third kappa shape index (κ3) is 2.19. The highest BCUT2D eigenvalue weighted by atomic mass is 16.5. The molecule has 1 N–H and O–H groups in total. The summed E-state index contributed by atoms with van der Waals surface area (Å²) in [6.45, 7) is 1.65. The number of nitrogens with one attached hydrogen (secondary N) is 1. The summed E-state index contributed by atoms with van der Waals surface area (Å²) in [7, 11) is 0. The molecule has 7 heteroatoms. The van der Waals surface area contributed by atoms with Crippen LogP contribution in [0.25, 0.3) is 5.82 Å². The van der Waals surface area contributed by atoms with Crippen LogP contribution in [0.1, 0.15) is 24.9 Å². The lowest BCUT2D eigenvalue weighted by Gasteiger charge is -2.53. The van der Waals surface area contributed by atoms with E-state index in [1.54, 1.807) is 35.6 Å². The average Bonchev–Trinajstić information content (AvgIpc) is 2.94. The first kappa shape index (κ1) is 12.5. The summed E-state index contributed by atoms with van der Waals surface area (Å²) in [6, 6.07) is 1.95. The number of aromatic nitrogens is 4. The van der Waals surface area contributed by atoms with Crippen molar-refractivity contribution < 1.29 is 11.0 Å². The molecule has 0 radical (unpaired) electrons. The fourth-order valence-corrected chi connectivity index (χ4v) is 2.96. The molecule has 2 aromatic rings. The maximum Gasteiger partial charge on any atom is 0.289 e. The smallest absolute Gasteiger partial charge is 0.289 e. The lowest BCUT2D eigenvalue weighted by Crippen LogP contribution is -2.59. The molecule has 4 rings (SSSR count). The molecule has 1 aliphatic heterocycles. The number of ether oxygens (including phenoxy) is 1. The predicted molar refractivity (Wildman–Crippen MR) is 75.0 cm³/mol. The Morgan fingerprint density at radius 3 is 2.95 bits per heavy atom. The van der Waals surface area contributed by atoms with Crippen molar-refractivity contribution in [1.29, 1.82) is 0 Å². The normalized spacial score (nSPS) is 19.8. The van der Waals surface area contributed by atoms with Gasteiger partial charge in [0, 0.05) is 31.5 Å². The van der Waals surface area contributed by atoms with Crippen LogP contribution in [0.2, 0.25) is 0 Å². The summed E-state index contributed by atoms with van der Waals surface area (Å²) in [5.74, 6) is 0.592. The van der Waals surface area contributed by atoms with Crippen molar-refractivity contribution in [2.24, 2.45) is 5.41 Å². The van der Waals surface area contributed by atoms with E-state index in [0.29, 0.717) is 11.2 Å². The van der Waals surface area contributed by atoms with Crippen molar-refractivity contribution in [1.82, 2.24) is 24.8 Å². The molecule has 7 nitrogen and oxygen atoms in total. The molecule has 2 fully saturated rings. The Morgan fingerprint density at radius 1 is 1.43 bits per heavy atom. The first-order valence-corrected chi connectivity index (χ1v) is 6.94. The second kappa shape index (κ2) is 4.63. The van der Waals surface area contributed by atoms with Crippen LogP contribution in [0.15, 0.2) is 31.0 Å². The number of carbonyl (C=O) groups is 1. The number of rotatable bonds is 3. The van der Waals surface area contributed by atoms with Gasteiger partial charge in [0.25, 0.3) is 5.91 Å². The Hall–Kier alpha value is -2.28. The van der Waals surface area contributed by atoms with Gasteiger partial charge < -0.3 is 10.1 Å². The maximum atomic E-state index is 12.2. The quantitative estimate of drug-likeness (QED) is 0.903. The summed E-state index contributed by atoms with van der Waals surface area (Å²) in [5.41, 5.74) is 0.331. The van der Waals surface area contributed by atoms with E-state index in [1.165, 1.54) is 0 Å². The van der Waals surface area contributed by atoms with Crippen molar-refractivity contribution in [3.8, 4) is 5.82 Å². The van der Waals surface area contributed by atoms with E-state index in [4.69, 9.17) is 4.74 Å². The molecule has 0 bridgehead atoms. The minimum atomic E-state index is -0.225. The van der Waals surface area contributed by atoms with Gasteiger partial charge in [-0.2, -0.15) is 0 Å². The van der Waals surface area contributed by atoms with Gasteiger partial charge in [-0.3, -0.25) is 9.36 Å². The lowest BCUT2D eigenvalue weighted by atomic mass is 9.64. The number of imidazole rings is 1. The average molecular weight is 287 g/mol. The Labute approximate surface area is 122 Å². The number of nitrogens with zero attached hydrogens (tertiary/aromatic N) is 4. The molecule has 0 atom stereocenters. The van der Waals surface area contributed by atoms with Crippen molar-refractivity contribution in [2.45, 2.75) is 18.9 Å². The standard InChI is InChI=1S/C14H15N5O2.H2/c20-13(17-10-5-14(6-10)7-21-8-14)12-16-2-1-11(18-12)19-4-3-15-9-19;/h1-4,9-10H,5-8H2,(H,17,20);1H. The summed E-state index contributed by atoms with van der Waals surface area (Å²) < 4.78 is 6.97. The first-order valence-electron chi connectivity index (χ1n) is 6.94. The molecule has 1 saturated heterocycles. The molecular formula is C14H17N5O2. The van der Waals surface area contributed by atoms with Crippen molar-refractivity contribution >= 4 is 5.91 Å². The number of carbonyl (C=O) groups excluding carboxylic acids is 1. The van der Waals surface area contributed by atoms with Crippen LogP contribution in [0.5, 0.6) is 0 Å². The SMILES string of the molecule is O=C(NC1CC2(COC2)C1)c1nccc(-n2ccnc2)n1.[HH]. The molecule has 1 spiro atoms.